The number of fused-ring (bicyclic) bond motifs is 1. The quantitative estimate of drug-likeness (QED) is 0.410. The third kappa shape index (κ3) is 4.79. The van der Waals surface area contributed by atoms with Crippen LogP contribution in [0.15, 0.2) is 58.9 Å². The Bertz CT molecular complexity index is 1240. The summed E-state index contributed by atoms with van der Waals surface area (Å²) < 4.78 is 27.2. The van der Waals surface area contributed by atoms with E-state index in [2.05, 4.69) is 22.3 Å². The number of hydrogen-bond donors (Lipinski definition) is 1. The highest BCUT2D eigenvalue weighted by molar-refractivity contribution is 7.99. The molecule has 0 bridgehead atoms. The summed E-state index contributed by atoms with van der Waals surface area (Å²) in [5.74, 6) is 2.07. The molecule has 0 saturated carbocycles. The number of carbonyl (C=O) groups excluding carboxylic acids is 1. The Balaban J connectivity index is 1.69. The molecule has 34 heavy (non-hydrogen) atoms. The SMILES string of the molecule is CCCSc1nc2n(n1)C(c1ccc(OCc3ccccc3F)c(OC)c1)C(C(C)=O)=C(C)N2. The Morgan fingerprint density at radius 2 is 2.03 bits per heavy atom. The summed E-state index contributed by atoms with van der Waals surface area (Å²) in [7, 11) is 1.55. The molecule has 0 aliphatic carbocycles. The van der Waals surface area contributed by atoms with Crippen LogP contribution in [-0.4, -0.2) is 33.4 Å². The van der Waals surface area contributed by atoms with E-state index in [1.807, 2.05) is 19.1 Å². The fourth-order valence-electron chi connectivity index (χ4n) is 3.89. The molecule has 0 amide bonds. The molecule has 4 rings (SSSR count). The first-order chi connectivity index (χ1) is 16.4. The number of methoxy groups -OCH3 is 1. The Morgan fingerprint density at radius 3 is 2.74 bits per heavy atom. The number of halogens is 1. The van der Waals surface area contributed by atoms with Gasteiger partial charge in [0.05, 0.1) is 7.11 Å². The first-order valence-electron chi connectivity index (χ1n) is 11.0. The van der Waals surface area contributed by atoms with Crippen molar-refractivity contribution in [3.05, 3.63) is 70.7 Å². The molecular weight excluding hydrogens is 455 g/mol. The van der Waals surface area contributed by atoms with Gasteiger partial charge in [0.1, 0.15) is 18.5 Å². The molecule has 1 atom stereocenters. The van der Waals surface area contributed by atoms with Gasteiger partial charge in [0.25, 0.3) is 0 Å². The Hall–Kier alpha value is -3.33. The smallest absolute Gasteiger partial charge is 0.227 e. The fraction of sp³-hybridized carbons (Fsp3) is 0.320. The minimum Gasteiger partial charge on any atom is -0.493 e. The summed E-state index contributed by atoms with van der Waals surface area (Å²) in [4.78, 5) is 17.2. The lowest BCUT2D eigenvalue weighted by Gasteiger charge is -2.28. The third-order valence-electron chi connectivity index (χ3n) is 5.49. The van der Waals surface area contributed by atoms with Crippen molar-refractivity contribution in [1.82, 2.24) is 14.8 Å². The van der Waals surface area contributed by atoms with Crippen LogP contribution in [0.4, 0.5) is 10.3 Å². The molecule has 0 radical (unpaired) electrons. The lowest BCUT2D eigenvalue weighted by molar-refractivity contribution is -0.114. The number of rotatable bonds is 9. The largest absolute Gasteiger partial charge is 0.493 e. The molecule has 9 heteroatoms. The molecule has 178 valence electrons. The molecule has 0 saturated heterocycles. The van der Waals surface area contributed by atoms with Crippen molar-refractivity contribution < 1.29 is 18.7 Å². The number of carbonyl (C=O) groups is 1. The highest BCUT2D eigenvalue weighted by Crippen LogP contribution is 2.39. The minimum absolute atomic E-state index is 0.0576. The third-order valence-corrected chi connectivity index (χ3v) is 6.54. The number of nitrogens with zero attached hydrogens (tertiary/aromatic N) is 3. The molecule has 0 spiro atoms. The second-order valence-electron chi connectivity index (χ2n) is 7.92. The van der Waals surface area contributed by atoms with Crippen LogP contribution in [0.1, 0.15) is 44.4 Å². The van der Waals surface area contributed by atoms with Crippen molar-refractivity contribution in [2.45, 2.75) is 45.0 Å². The van der Waals surface area contributed by atoms with Crippen molar-refractivity contribution in [2.24, 2.45) is 0 Å². The van der Waals surface area contributed by atoms with Crippen molar-refractivity contribution in [3.8, 4) is 11.5 Å². The Morgan fingerprint density at radius 1 is 1.24 bits per heavy atom. The highest BCUT2D eigenvalue weighted by atomic mass is 32.2. The fourth-order valence-corrected chi connectivity index (χ4v) is 4.58. The van der Waals surface area contributed by atoms with Crippen molar-refractivity contribution in [1.29, 1.82) is 0 Å². The minimum atomic E-state index is -0.466. The summed E-state index contributed by atoms with van der Waals surface area (Å²) in [6.45, 7) is 5.58. The average molecular weight is 483 g/mol. The van der Waals surface area contributed by atoms with E-state index in [0.717, 1.165) is 23.4 Å². The molecule has 1 aliphatic heterocycles. The zero-order valence-electron chi connectivity index (χ0n) is 19.6. The van der Waals surface area contributed by atoms with Crippen LogP contribution in [0.3, 0.4) is 0 Å². The molecule has 1 unspecified atom stereocenters. The van der Waals surface area contributed by atoms with Gasteiger partial charge in [0.2, 0.25) is 11.1 Å². The Kier molecular flexibility index (Phi) is 7.21. The van der Waals surface area contributed by atoms with E-state index in [4.69, 9.17) is 9.47 Å². The van der Waals surface area contributed by atoms with Gasteiger partial charge < -0.3 is 14.8 Å². The molecule has 1 aromatic heterocycles. The summed E-state index contributed by atoms with van der Waals surface area (Å²) in [6, 6.07) is 11.5. The first-order valence-corrected chi connectivity index (χ1v) is 12.0. The monoisotopic (exact) mass is 482 g/mol. The van der Waals surface area contributed by atoms with Crippen LogP contribution >= 0.6 is 11.8 Å². The summed E-state index contributed by atoms with van der Waals surface area (Å²) >= 11 is 1.58. The van der Waals surface area contributed by atoms with E-state index in [1.54, 1.807) is 54.7 Å². The van der Waals surface area contributed by atoms with E-state index >= 15 is 0 Å². The lowest BCUT2D eigenvalue weighted by Crippen LogP contribution is -2.27. The maximum Gasteiger partial charge on any atom is 0.227 e. The predicted octanol–water partition coefficient (Wildman–Crippen LogP) is 5.38. The second-order valence-corrected chi connectivity index (χ2v) is 8.99. The normalized spacial score (nSPS) is 15.0. The molecule has 3 aromatic rings. The number of allylic oxidation sites excluding steroid dienone is 2. The van der Waals surface area contributed by atoms with Crippen molar-refractivity contribution >= 4 is 23.5 Å². The first kappa shape index (κ1) is 23.8. The van der Waals surface area contributed by atoms with Gasteiger partial charge in [-0.25, -0.2) is 9.07 Å². The average Bonchev–Trinajstić information content (AvgIpc) is 3.23. The van der Waals surface area contributed by atoms with Gasteiger partial charge in [-0.15, -0.1) is 5.10 Å². The van der Waals surface area contributed by atoms with Gasteiger partial charge in [0.15, 0.2) is 17.3 Å². The van der Waals surface area contributed by atoms with Crippen LogP contribution in [0, 0.1) is 5.82 Å². The van der Waals surface area contributed by atoms with E-state index in [9.17, 15) is 9.18 Å². The number of benzene rings is 2. The number of anilines is 1. The van der Waals surface area contributed by atoms with Gasteiger partial charge in [-0.1, -0.05) is 43.0 Å². The number of ketones is 1. The summed E-state index contributed by atoms with van der Waals surface area (Å²) in [5, 5.41) is 8.55. The summed E-state index contributed by atoms with van der Waals surface area (Å²) in [6.07, 6.45) is 1.01. The molecule has 2 heterocycles. The Labute approximate surface area is 202 Å². The van der Waals surface area contributed by atoms with Gasteiger partial charge >= 0.3 is 0 Å². The van der Waals surface area contributed by atoms with Crippen LogP contribution < -0.4 is 14.8 Å². The van der Waals surface area contributed by atoms with Gasteiger partial charge in [-0.2, -0.15) is 4.98 Å². The number of Topliss-reactive ketones (excluding diaryl/α,β-unsaturated/α-hetero) is 1. The summed E-state index contributed by atoms with van der Waals surface area (Å²) in [5.41, 5.74) is 2.60. The maximum absolute atomic E-state index is 14.0. The van der Waals surface area contributed by atoms with Crippen LogP contribution in [0.2, 0.25) is 0 Å². The van der Waals surface area contributed by atoms with E-state index in [-0.39, 0.29) is 18.2 Å². The zero-order valence-corrected chi connectivity index (χ0v) is 20.4. The maximum atomic E-state index is 14.0. The van der Waals surface area contributed by atoms with Gasteiger partial charge in [-0.3, -0.25) is 4.79 Å². The van der Waals surface area contributed by atoms with Gasteiger partial charge in [0, 0.05) is 22.6 Å². The van der Waals surface area contributed by atoms with E-state index in [1.165, 1.54) is 6.07 Å². The van der Waals surface area contributed by atoms with Crippen LogP contribution in [0.25, 0.3) is 0 Å². The van der Waals surface area contributed by atoms with Crippen molar-refractivity contribution in [3.63, 3.8) is 0 Å². The molecule has 1 N–H and O–H groups in total. The highest BCUT2D eigenvalue weighted by Gasteiger charge is 2.33. The molecule has 1 aliphatic rings. The lowest BCUT2D eigenvalue weighted by atomic mass is 9.93. The number of nitrogens with one attached hydrogen (secondary N) is 1. The molecule has 2 aromatic carbocycles. The standard InChI is InChI=1S/C25H27FN4O3S/c1-5-12-34-25-28-24-27-15(2)22(16(3)31)23(30(24)29-25)17-10-11-20(21(13-17)32-4)33-14-18-8-6-7-9-19(18)26/h6-11,13,23H,5,12,14H2,1-4H3,(H,27,28,29). The number of ether oxygens (including phenoxy) is 2. The zero-order chi connectivity index (χ0) is 24.2. The molecule has 7 nitrogen and oxygen atoms in total. The number of thioether (sulfide) groups is 1. The van der Waals surface area contributed by atoms with E-state index < -0.39 is 6.04 Å². The predicted molar refractivity (Wildman–Crippen MR) is 130 cm³/mol. The van der Waals surface area contributed by atoms with Crippen molar-refractivity contribution in [2.75, 3.05) is 18.2 Å². The topological polar surface area (TPSA) is 78.3 Å². The molecule has 0 fully saturated rings. The molecular formula is C25H27FN4O3S. The van der Waals surface area contributed by atoms with E-state index in [0.29, 0.717) is 33.7 Å². The number of hydrogen-bond acceptors (Lipinski definition) is 7. The second kappa shape index (κ2) is 10.3. The number of aromatic nitrogens is 3. The van der Waals surface area contributed by atoms with Gasteiger partial charge in [-0.05, 0) is 44.0 Å². The van der Waals surface area contributed by atoms with Crippen LogP contribution in [-0.2, 0) is 11.4 Å². The van der Waals surface area contributed by atoms with Crippen LogP contribution in [0.5, 0.6) is 11.5 Å².